The molecule has 0 atom stereocenters. The number of hydrogen-bond acceptors (Lipinski definition) is 4. The van der Waals surface area contributed by atoms with E-state index < -0.39 is 11.5 Å². The molecule has 0 bridgehead atoms. The number of benzene rings is 3. The smallest absolute Gasteiger partial charge is 0.281 e. The van der Waals surface area contributed by atoms with Crippen LogP contribution in [0.1, 0.15) is 22.3 Å². The second-order valence-corrected chi connectivity index (χ2v) is 6.20. The van der Waals surface area contributed by atoms with E-state index >= 15 is 0 Å². The molecule has 3 N–H and O–H groups in total. The molecular weight excluding hydrogens is 340 g/mol. The van der Waals surface area contributed by atoms with Gasteiger partial charge in [0.2, 0.25) is 0 Å². The van der Waals surface area contributed by atoms with Crippen molar-refractivity contribution in [3.05, 3.63) is 101 Å². The minimum atomic E-state index is -1.89. The van der Waals surface area contributed by atoms with Gasteiger partial charge < -0.3 is 10.2 Å². The Bertz CT molecular complexity index is 914. The number of hydrogen-bond donors (Lipinski definition) is 3. The van der Waals surface area contributed by atoms with Gasteiger partial charge in [0.15, 0.2) is 5.60 Å². The highest BCUT2D eigenvalue weighted by Crippen LogP contribution is 2.29. The standard InChI is InChI=1S/C22H20N2O3/c1-16-12-13-17(20(25)14-16)15-23-24-21(26)22(27,18-8-4-2-5-9-18)19-10-6-3-7-11-19/h2-15,25,27H,1H3,(H,24,26)/b23-15+. The number of hydrazone groups is 1. The van der Waals surface area contributed by atoms with Crippen molar-refractivity contribution in [3.63, 3.8) is 0 Å². The number of phenolic OH excluding ortho intramolecular Hbond substituents is 1. The van der Waals surface area contributed by atoms with Gasteiger partial charge in [-0.15, -0.1) is 0 Å². The number of aryl methyl sites for hydroxylation is 1. The third-order valence-electron chi connectivity index (χ3n) is 4.27. The first-order valence-electron chi connectivity index (χ1n) is 8.48. The van der Waals surface area contributed by atoms with Crippen molar-refractivity contribution in [2.24, 2.45) is 5.10 Å². The van der Waals surface area contributed by atoms with Crippen LogP contribution >= 0.6 is 0 Å². The molecule has 0 aromatic heterocycles. The number of aromatic hydroxyl groups is 1. The Kier molecular flexibility index (Phi) is 5.33. The number of amides is 1. The predicted octanol–water partition coefficient (Wildman–Crippen LogP) is 3.09. The topological polar surface area (TPSA) is 81.9 Å². The summed E-state index contributed by atoms with van der Waals surface area (Å²) in [4.78, 5) is 12.9. The molecule has 0 aliphatic carbocycles. The Morgan fingerprint density at radius 1 is 0.963 bits per heavy atom. The van der Waals surface area contributed by atoms with E-state index in [0.717, 1.165) is 5.56 Å². The minimum absolute atomic E-state index is 0.0642. The number of aliphatic hydroxyl groups is 1. The number of nitrogens with one attached hydrogen (secondary N) is 1. The van der Waals surface area contributed by atoms with Crippen LogP contribution in [0.15, 0.2) is 84.0 Å². The zero-order valence-corrected chi connectivity index (χ0v) is 14.8. The zero-order chi connectivity index (χ0) is 19.3. The normalized spacial score (nSPS) is 11.5. The summed E-state index contributed by atoms with van der Waals surface area (Å²) < 4.78 is 0. The van der Waals surface area contributed by atoms with E-state index in [1.165, 1.54) is 6.21 Å². The Morgan fingerprint density at radius 3 is 2.04 bits per heavy atom. The van der Waals surface area contributed by atoms with Crippen LogP contribution in [0.25, 0.3) is 0 Å². The summed E-state index contributed by atoms with van der Waals surface area (Å²) in [6, 6.07) is 22.5. The van der Waals surface area contributed by atoms with Crippen LogP contribution < -0.4 is 5.43 Å². The van der Waals surface area contributed by atoms with Gasteiger partial charge in [-0.3, -0.25) is 4.79 Å². The first-order valence-corrected chi connectivity index (χ1v) is 8.48. The van der Waals surface area contributed by atoms with Crippen molar-refractivity contribution in [1.29, 1.82) is 0 Å². The molecule has 0 heterocycles. The molecule has 136 valence electrons. The average Bonchev–Trinajstić information content (AvgIpc) is 2.70. The highest BCUT2D eigenvalue weighted by atomic mass is 16.3. The molecule has 3 aromatic carbocycles. The van der Waals surface area contributed by atoms with Crippen LogP contribution in [0.2, 0.25) is 0 Å². The number of carbonyl (C=O) groups excluding carboxylic acids is 1. The Morgan fingerprint density at radius 2 is 1.52 bits per heavy atom. The lowest BCUT2D eigenvalue weighted by Crippen LogP contribution is -2.43. The van der Waals surface area contributed by atoms with Gasteiger partial charge in [0, 0.05) is 5.56 Å². The van der Waals surface area contributed by atoms with Gasteiger partial charge in [-0.1, -0.05) is 66.7 Å². The number of nitrogens with zero attached hydrogens (tertiary/aromatic N) is 1. The highest BCUT2D eigenvalue weighted by Gasteiger charge is 2.39. The lowest BCUT2D eigenvalue weighted by Gasteiger charge is -2.27. The molecule has 0 fully saturated rings. The van der Waals surface area contributed by atoms with E-state index in [0.29, 0.717) is 16.7 Å². The summed E-state index contributed by atoms with van der Waals surface area (Å²) in [5.74, 6) is -0.628. The fraction of sp³-hybridized carbons (Fsp3) is 0.0909. The third-order valence-corrected chi connectivity index (χ3v) is 4.27. The van der Waals surface area contributed by atoms with Gasteiger partial charge in [-0.05, 0) is 35.7 Å². The Balaban J connectivity index is 1.89. The molecule has 0 radical (unpaired) electrons. The maximum absolute atomic E-state index is 12.9. The SMILES string of the molecule is Cc1ccc(/C=N/NC(=O)C(O)(c2ccccc2)c2ccccc2)c(O)c1. The van der Waals surface area contributed by atoms with Gasteiger partial charge in [-0.25, -0.2) is 5.43 Å². The van der Waals surface area contributed by atoms with E-state index in [1.54, 1.807) is 60.7 Å². The van der Waals surface area contributed by atoms with E-state index in [-0.39, 0.29) is 5.75 Å². The summed E-state index contributed by atoms with van der Waals surface area (Å²) in [5.41, 5.74) is 2.73. The lowest BCUT2D eigenvalue weighted by molar-refractivity contribution is -0.136. The molecule has 0 aliphatic rings. The molecule has 3 rings (SSSR count). The Labute approximate surface area is 157 Å². The largest absolute Gasteiger partial charge is 0.507 e. The first-order chi connectivity index (χ1) is 13.0. The van der Waals surface area contributed by atoms with Crippen LogP contribution in [0.4, 0.5) is 0 Å². The van der Waals surface area contributed by atoms with Gasteiger partial charge in [0.05, 0.1) is 6.21 Å². The zero-order valence-electron chi connectivity index (χ0n) is 14.8. The lowest BCUT2D eigenvalue weighted by atomic mass is 9.85. The van der Waals surface area contributed by atoms with Crippen LogP contribution in [0.3, 0.4) is 0 Å². The molecule has 0 unspecified atom stereocenters. The van der Waals surface area contributed by atoms with Gasteiger partial charge in [-0.2, -0.15) is 5.10 Å². The van der Waals surface area contributed by atoms with Gasteiger partial charge in [0.1, 0.15) is 5.75 Å². The molecule has 27 heavy (non-hydrogen) atoms. The maximum atomic E-state index is 12.9. The van der Waals surface area contributed by atoms with Crippen molar-refractivity contribution in [3.8, 4) is 5.75 Å². The van der Waals surface area contributed by atoms with Crippen molar-refractivity contribution in [2.75, 3.05) is 0 Å². The van der Waals surface area contributed by atoms with E-state index in [2.05, 4.69) is 10.5 Å². The second kappa shape index (κ2) is 7.85. The van der Waals surface area contributed by atoms with Crippen molar-refractivity contribution >= 4 is 12.1 Å². The molecular formula is C22H20N2O3. The molecule has 5 heteroatoms. The van der Waals surface area contributed by atoms with E-state index in [9.17, 15) is 15.0 Å². The van der Waals surface area contributed by atoms with Crippen LogP contribution in [-0.2, 0) is 10.4 Å². The molecule has 3 aromatic rings. The molecule has 1 amide bonds. The number of carbonyl (C=O) groups is 1. The van der Waals surface area contributed by atoms with Crippen molar-refractivity contribution in [1.82, 2.24) is 5.43 Å². The average molecular weight is 360 g/mol. The first kappa shape index (κ1) is 18.4. The summed E-state index contributed by atoms with van der Waals surface area (Å²) in [5, 5.41) is 25.1. The molecule has 0 saturated heterocycles. The summed E-state index contributed by atoms with van der Waals surface area (Å²) in [6.07, 6.45) is 1.34. The van der Waals surface area contributed by atoms with E-state index in [4.69, 9.17) is 0 Å². The summed E-state index contributed by atoms with van der Waals surface area (Å²) in [7, 11) is 0. The minimum Gasteiger partial charge on any atom is -0.507 e. The second-order valence-electron chi connectivity index (χ2n) is 6.20. The fourth-order valence-corrected chi connectivity index (χ4v) is 2.79. The van der Waals surface area contributed by atoms with Crippen LogP contribution in [0.5, 0.6) is 5.75 Å². The predicted molar refractivity (Wildman–Crippen MR) is 104 cm³/mol. The summed E-state index contributed by atoms with van der Waals surface area (Å²) >= 11 is 0. The van der Waals surface area contributed by atoms with Crippen LogP contribution in [0, 0.1) is 6.92 Å². The molecule has 0 spiro atoms. The third kappa shape index (κ3) is 3.88. The van der Waals surface area contributed by atoms with Crippen molar-refractivity contribution < 1.29 is 15.0 Å². The van der Waals surface area contributed by atoms with Gasteiger partial charge >= 0.3 is 0 Å². The number of phenols is 1. The maximum Gasteiger partial charge on any atom is 0.281 e. The summed E-state index contributed by atoms with van der Waals surface area (Å²) in [6.45, 7) is 1.86. The van der Waals surface area contributed by atoms with Crippen LogP contribution in [-0.4, -0.2) is 22.3 Å². The number of rotatable bonds is 5. The molecule has 0 saturated carbocycles. The van der Waals surface area contributed by atoms with E-state index in [1.807, 2.05) is 25.1 Å². The molecule has 5 nitrogen and oxygen atoms in total. The quantitative estimate of drug-likeness (QED) is 0.483. The molecule has 0 aliphatic heterocycles. The fourth-order valence-electron chi connectivity index (χ4n) is 2.79. The van der Waals surface area contributed by atoms with Gasteiger partial charge in [0.25, 0.3) is 5.91 Å². The monoisotopic (exact) mass is 360 g/mol. The Hall–Kier alpha value is -3.44. The highest BCUT2D eigenvalue weighted by molar-refractivity contribution is 5.91. The van der Waals surface area contributed by atoms with Crippen molar-refractivity contribution in [2.45, 2.75) is 12.5 Å².